The van der Waals surface area contributed by atoms with Gasteiger partial charge in [-0.25, -0.2) is 0 Å². The van der Waals surface area contributed by atoms with Crippen molar-refractivity contribution in [2.45, 2.75) is 26.7 Å². The number of rotatable bonds is 8. The van der Waals surface area contributed by atoms with Crippen molar-refractivity contribution in [2.24, 2.45) is 0 Å². The molecule has 2 amide bonds. The molecule has 0 aromatic heterocycles. The molecule has 0 bridgehead atoms. The van der Waals surface area contributed by atoms with Crippen LogP contribution in [0.15, 0.2) is 29.2 Å². The Morgan fingerprint density at radius 3 is 2.50 bits per heavy atom. The van der Waals surface area contributed by atoms with Gasteiger partial charge in [0.15, 0.2) is 0 Å². The molecule has 0 saturated carbocycles. The SMILES string of the molecule is CCN(CC)C(=O)CCCN1C(=O)S/C(=C\c2ccc(OC)cc2)C1=S. The number of nitrogens with zero attached hydrogens (tertiary/aromatic N) is 2. The molecule has 0 N–H and O–H groups in total. The maximum Gasteiger partial charge on any atom is 0.291 e. The minimum Gasteiger partial charge on any atom is -0.497 e. The van der Waals surface area contributed by atoms with Crippen LogP contribution in [0, 0.1) is 0 Å². The number of thiocarbonyl (C=S) groups is 1. The van der Waals surface area contributed by atoms with E-state index in [0.717, 1.165) is 28.0 Å². The fourth-order valence-electron chi connectivity index (χ4n) is 2.67. The van der Waals surface area contributed by atoms with E-state index >= 15 is 0 Å². The maximum atomic E-state index is 12.3. The molecule has 0 unspecified atom stereocenters. The summed E-state index contributed by atoms with van der Waals surface area (Å²) in [5.41, 5.74) is 0.960. The lowest BCUT2D eigenvalue weighted by Crippen LogP contribution is -2.32. The number of benzene rings is 1. The van der Waals surface area contributed by atoms with E-state index in [-0.39, 0.29) is 11.1 Å². The molecule has 2 rings (SSSR count). The van der Waals surface area contributed by atoms with Crippen LogP contribution in [0.1, 0.15) is 32.3 Å². The molecule has 1 aliphatic heterocycles. The molecule has 7 heteroatoms. The Morgan fingerprint density at radius 1 is 1.27 bits per heavy atom. The molecule has 1 fully saturated rings. The Balaban J connectivity index is 1.95. The summed E-state index contributed by atoms with van der Waals surface area (Å²) >= 11 is 6.60. The van der Waals surface area contributed by atoms with Crippen molar-refractivity contribution in [3.8, 4) is 5.75 Å². The Bertz CT molecular complexity index is 697. The van der Waals surface area contributed by atoms with Gasteiger partial charge in [0.2, 0.25) is 5.91 Å². The van der Waals surface area contributed by atoms with Gasteiger partial charge in [0.05, 0.1) is 12.0 Å². The maximum absolute atomic E-state index is 12.3. The molecule has 26 heavy (non-hydrogen) atoms. The quantitative estimate of drug-likeness (QED) is 0.491. The molecular formula is C19H24N2O3S2. The van der Waals surface area contributed by atoms with E-state index in [1.54, 1.807) is 16.9 Å². The van der Waals surface area contributed by atoms with Crippen LogP contribution in [0.3, 0.4) is 0 Å². The number of methoxy groups -OCH3 is 1. The largest absolute Gasteiger partial charge is 0.497 e. The predicted molar refractivity (Wildman–Crippen MR) is 110 cm³/mol. The van der Waals surface area contributed by atoms with Crippen molar-refractivity contribution in [3.63, 3.8) is 0 Å². The van der Waals surface area contributed by atoms with Crippen molar-refractivity contribution in [3.05, 3.63) is 34.7 Å². The molecule has 0 spiro atoms. The third-order valence-corrected chi connectivity index (χ3v) is 5.67. The van der Waals surface area contributed by atoms with Gasteiger partial charge in [-0.3, -0.25) is 14.5 Å². The van der Waals surface area contributed by atoms with Gasteiger partial charge in [-0.15, -0.1) is 0 Å². The van der Waals surface area contributed by atoms with E-state index in [9.17, 15) is 9.59 Å². The van der Waals surface area contributed by atoms with Crippen molar-refractivity contribution < 1.29 is 14.3 Å². The monoisotopic (exact) mass is 392 g/mol. The second-order valence-electron chi connectivity index (χ2n) is 5.78. The molecule has 0 aliphatic carbocycles. The lowest BCUT2D eigenvalue weighted by Gasteiger charge is -2.19. The van der Waals surface area contributed by atoms with Crippen LogP contribution < -0.4 is 4.74 Å². The summed E-state index contributed by atoms with van der Waals surface area (Å²) < 4.78 is 5.15. The molecule has 1 aromatic carbocycles. The molecule has 1 heterocycles. The summed E-state index contributed by atoms with van der Waals surface area (Å²) in [5, 5.41) is -0.0787. The van der Waals surface area contributed by atoms with Gasteiger partial charge in [0.1, 0.15) is 10.7 Å². The highest BCUT2D eigenvalue weighted by atomic mass is 32.2. The molecule has 1 aromatic rings. The van der Waals surface area contributed by atoms with Crippen LogP contribution in [-0.2, 0) is 4.79 Å². The number of ether oxygens (including phenoxy) is 1. The zero-order valence-corrected chi connectivity index (χ0v) is 17.0. The van der Waals surface area contributed by atoms with Gasteiger partial charge in [0, 0.05) is 26.1 Å². The number of hydrogen-bond acceptors (Lipinski definition) is 5. The smallest absolute Gasteiger partial charge is 0.291 e. The summed E-state index contributed by atoms with van der Waals surface area (Å²) in [7, 11) is 1.62. The first-order valence-corrected chi connectivity index (χ1v) is 9.89. The first-order chi connectivity index (χ1) is 12.5. The molecule has 1 saturated heterocycles. The highest BCUT2D eigenvalue weighted by Gasteiger charge is 2.31. The standard InChI is InChI=1S/C19H24N2O3S2/c1-4-20(5-2)17(22)7-6-12-21-18(25)16(26-19(21)23)13-14-8-10-15(24-3)11-9-14/h8-11,13H,4-7,12H2,1-3H3/b16-13-. The van der Waals surface area contributed by atoms with Gasteiger partial charge >= 0.3 is 0 Å². The lowest BCUT2D eigenvalue weighted by molar-refractivity contribution is -0.130. The first kappa shape index (κ1) is 20.5. The zero-order chi connectivity index (χ0) is 19.1. The van der Waals surface area contributed by atoms with E-state index in [4.69, 9.17) is 17.0 Å². The zero-order valence-electron chi connectivity index (χ0n) is 15.4. The first-order valence-electron chi connectivity index (χ1n) is 8.67. The molecule has 1 aliphatic rings. The summed E-state index contributed by atoms with van der Waals surface area (Å²) in [5.74, 6) is 0.901. The molecule has 140 valence electrons. The van der Waals surface area contributed by atoms with Gasteiger partial charge in [-0.1, -0.05) is 24.4 Å². The van der Waals surface area contributed by atoms with Crippen molar-refractivity contribution >= 4 is 46.2 Å². The van der Waals surface area contributed by atoms with Gasteiger partial charge in [-0.05, 0) is 55.8 Å². The van der Waals surface area contributed by atoms with E-state index in [1.807, 2.05) is 44.2 Å². The van der Waals surface area contributed by atoms with Crippen LogP contribution in [-0.4, -0.2) is 52.7 Å². The Morgan fingerprint density at radius 2 is 1.92 bits per heavy atom. The third kappa shape index (κ3) is 5.08. The van der Waals surface area contributed by atoms with Crippen LogP contribution in [0.4, 0.5) is 4.79 Å². The summed E-state index contributed by atoms with van der Waals surface area (Å²) in [6.45, 7) is 5.82. The summed E-state index contributed by atoms with van der Waals surface area (Å²) in [6, 6.07) is 7.58. The van der Waals surface area contributed by atoms with E-state index in [1.165, 1.54) is 0 Å². The average molecular weight is 393 g/mol. The van der Waals surface area contributed by atoms with Crippen molar-refractivity contribution in [2.75, 3.05) is 26.7 Å². The van der Waals surface area contributed by atoms with Crippen molar-refractivity contribution in [1.82, 2.24) is 9.80 Å². The van der Waals surface area contributed by atoms with E-state index in [0.29, 0.717) is 37.5 Å². The highest BCUT2D eigenvalue weighted by molar-refractivity contribution is 8.19. The number of carbonyl (C=O) groups excluding carboxylic acids is 2. The number of thioether (sulfide) groups is 1. The average Bonchev–Trinajstić information content (AvgIpc) is 2.90. The lowest BCUT2D eigenvalue weighted by atomic mass is 10.2. The summed E-state index contributed by atoms with van der Waals surface area (Å²) in [4.78, 5) is 29.0. The fraction of sp³-hybridized carbons (Fsp3) is 0.421. The van der Waals surface area contributed by atoms with Gasteiger partial charge in [0.25, 0.3) is 5.24 Å². The normalized spacial score (nSPS) is 15.7. The van der Waals surface area contributed by atoms with Crippen molar-refractivity contribution in [1.29, 1.82) is 0 Å². The molecule has 0 atom stereocenters. The minimum absolute atomic E-state index is 0.0787. The predicted octanol–water partition coefficient (Wildman–Crippen LogP) is 4.18. The third-order valence-electron chi connectivity index (χ3n) is 4.18. The number of hydrogen-bond donors (Lipinski definition) is 0. The molecule has 5 nitrogen and oxygen atoms in total. The van der Waals surface area contributed by atoms with Crippen LogP contribution in [0.2, 0.25) is 0 Å². The van der Waals surface area contributed by atoms with Gasteiger partial charge < -0.3 is 9.64 Å². The second-order valence-corrected chi connectivity index (χ2v) is 7.16. The Hall–Kier alpha value is -1.86. The molecular weight excluding hydrogens is 368 g/mol. The van der Waals surface area contributed by atoms with Crippen LogP contribution in [0.25, 0.3) is 6.08 Å². The summed E-state index contributed by atoms with van der Waals surface area (Å²) in [6.07, 6.45) is 2.94. The number of carbonyl (C=O) groups is 2. The fourth-order valence-corrected chi connectivity index (χ4v) is 3.96. The number of amides is 2. The Kier molecular flexibility index (Phi) is 7.66. The highest BCUT2D eigenvalue weighted by Crippen LogP contribution is 2.33. The minimum atomic E-state index is -0.0787. The topological polar surface area (TPSA) is 49.9 Å². The van der Waals surface area contributed by atoms with Crippen LogP contribution in [0.5, 0.6) is 5.75 Å². The van der Waals surface area contributed by atoms with Crippen LogP contribution >= 0.6 is 24.0 Å². The second kappa shape index (κ2) is 9.73. The molecule has 0 radical (unpaired) electrons. The van der Waals surface area contributed by atoms with E-state index in [2.05, 4.69) is 0 Å². The van der Waals surface area contributed by atoms with E-state index < -0.39 is 0 Å². The Labute approximate surface area is 164 Å². The van der Waals surface area contributed by atoms with Gasteiger partial charge in [-0.2, -0.15) is 0 Å².